The number of aryl methyl sites for hydroxylation is 1. The lowest BCUT2D eigenvalue weighted by Gasteiger charge is -2.26. The first kappa shape index (κ1) is 26.4. The molecule has 7 nitrogen and oxygen atoms in total. The number of carbonyl (C=O) groups excluding carboxylic acids is 1. The number of nitrogens with zero attached hydrogens (tertiary/aromatic N) is 1. The summed E-state index contributed by atoms with van der Waals surface area (Å²) in [4.78, 5) is 15.9. The van der Waals surface area contributed by atoms with Gasteiger partial charge in [0.25, 0.3) is 0 Å². The molecule has 3 aliphatic rings. The van der Waals surface area contributed by atoms with Crippen molar-refractivity contribution in [3.63, 3.8) is 0 Å². The topological polar surface area (TPSA) is 72.1 Å². The molecular formula is C33H39N3O4. The zero-order valence-corrected chi connectivity index (χ0v) is 23.1. The molecule has 6 rings (SSSR count). The summed E-state index contributed by atoms with van der Waals surface area (Å²) in [5.74, 6) is 1.47. The number of ether oxygens (including phenoxy) is 3. The van der Waals surface area contributed by atoms with Crippen LogP contribution in [0.4, 0.5) is 5.69 Å². The maximum absolute atomic E-state index is 13.4. The van der Waals surface area contributed by atoms with Gasteiger partial charge in [0.15, 0.2) is 11.5 Å². The molecule has 40 heavy (non-hydrogen) atoms. The molecule has 2 heterocycles. The highest BCUT2D eigenvalue weighted by atomic mass is 16.7. The first-order valence-electron chi connectivity index (χ1n) is 14.2. The van der Waals surface area contributed by atoms with Crippen LogP contribution in [0.5, 0.6) is 11.5 Å². The van der Waals surface area contributed by atoms with Gasteiger partial charge in [-0.3, -0.25) is 9.69 Å². The van der Waals surface area contributed by atoms with E-state index in [4.69, 9.17) is 14.2 Å². The van der Waals surface area contributed by atoms with Crippen molar-refractivity contribution in [3.05, 3.63) is 83.9 Å². The zero-order chi connectivity index (χ0) is 27.5. The Bertz CT molecular complexity index is 1400. The summed E-state index contributed by atoms with van der Waals surface area (Å²) in [5, 5.41) is 6.66. The van der Waals surface area contributed by atoms with Crippen LogP contribution < -0.4 is 20.1 Å². The predicted octanol–water partition coefficient (Wildman–Crippen LogP) is 5.59. The lowest BCUT2D eigenvalue weighted by atomic mass is 9.94. The largest absolute Gasteiger partial charge is 0.454 e. The summed E-state index contributed by atoms with van der Waals surface area (Å²) in [5.41, 5.74) is 6.64. The Morgan fingerprint density at radius 2 is 1.77 bits per heavy atom. The van der Waals surface area contributed by atoms with E-state index in [2.05, 4.69) is 65.4 Å². The highest BCUT2D eigenvalue weighted by Gasteiger charge is 2.51. The molecule has 1 amide bonds. The quantitative estimate of drug-likeness (QED) is 0.326. The van der Waals surface area contributed by atoms with Crippen LogP contribution in [0.3, 0.4) is 0 Å². The van der Waals surface area contributed by atoms with Crippen molar-refractivity contribution in [2.75, 3.05) is 51.5 Å². The smallest absolute Gasteiger partial charge is 0.235 e. The minimum absolute atomic E-state index is 0. The molecule has 2 fully saturated rings. The van der Waals surface area contributed by atoms with E-state index in [1.54, 1.807) is 0 Å². The van der Waals surface area contributed by atoms with Crippen molar-refractivity contribution in [2.45, 2.75) is 31.6 Å². The Balaban J connectivity index is 0.00000337. The Morgan fingerprint density at radius 1 is 1.00 bits per heavy atom. The summed E-state index contributed by atoms with van der Waals surface area (Å²) in [7, 11) is 0. The Hall–Kier alpha value is -3.81. The fourth-order valence-corrected chi connectivity index (χ4v) is 5.55. The van der Waals surface area contributed by atoms with Crippen molar-refractivity contribution >= 4 is 17.3 Å². The minimum Gasteiger partial charge on any atom is -0.454 e. The Labute approximate surface area is 237 Å². The molecule has 0 spiro atoms. The van der Waals surface area contributed by atoms with E-state index in [0.717, 1.165) is 104 Å². The van der Waals surface area contributed by atoms with Crippen LogP contribution >= 0.6 is 0 Å². The summed E-state index contributed by atoms with van der Waals surface area (Å²) in [6.07, 6.45) is 2.72. The number of rotatable bonds is 10. The van der Waals surface area contributed by atoms with Crippen LogP contribution in [0.2, 0.25) is 0 Å². The fraction of sp³-hybridized carbons (Fsp3) is 0.364. The van der Waals surface area contributed by atoms with Gasteiger partial charge in [-0.05, 0) is 84.8 Å². The molecule has 3 aromatic rings. The fourth-order valence-electron chi connectivity index (χ4n) is 5.55. The van der Waals surface area contributed by atoms with Gasteiger partial charge in [0, 0.05) is 32.4 Å². The molecule has 0 bridgehead atoms. The van der Waals surface area contributed by atoms with E-state index in [1.807, 2.05) is 24.3 Å². The molecule has 1 aliphatic carbocycles. The lowest BCUT2D eigenvalue weighted by molar-refractivity contribution is -0.118. The summed E-state index contributed by atoms with van der Waals surface area (Å²) < 4.78 is 16.4. The van der Waals surface area contributed by atoms with Crippen molar-refractivity contribution in [2.24, 2.45) is 0 Å². The number of fused-ring (bicyclic) bond motifs is 1. The van der Waals surface area contributed by atoms with Crippen molar-refractivity contribution in [1.29, 1.82) is 0 Å². The van der Waals surface area contributed by atoms with Crippen LogP contribution in [0.1, 0.15) is 37.4 Å². The molecule has 2 aliphatic heterocycles. The average molecular weight is 542 g/mol. The van der Waals surface area contributed by atoms with Crippen LogP contribution in [-0.4, -0.2) is 57.0 Å². The maximum atomic E-state index is 13.4. The standard InChI is InChI=1S/C33H37N3O4.H2/c1-23-4-10-28(35-32(37)33(12-13-33)27-9-11-30-31(20-27)40-22-39-30)21-29(23)26-7-5-25(6-8-26)24(2)34-14-3-15-36-16-18-38-19-17-36;/h4-11,20-21,34H,2-3,12-19,22H2,1H3,(H,35,37);1H. The number of hydrogen-bond acceptors (Lipinski definition) is 6. The number of carbonyl (C=O) groups is 1. The summed E-state index contributed by atoms with van der Waals surface area (Å²) in [6.45, 7) is 12.3. The molecule has 210 valence electrons. The minimum atomic E-state index is -0.511. The molecule has 0 unspecified atom stereocenters. The van der Waals surface area contributed by atoms with E-state index in [1.165, 1.54) is 0 Å². The van der Waals surface area contributed by atoms with E-state index >= 15 is 0 Å². The number of anilines is 1. The van der Waals surface area contributed by atoms with Crippen LogP contribution in [-0.2, 0) is 14.9 Å². The van der Waals surface area contributed by atoms with Crippen LogP contribution in [0.15, 0.2) is 67.2 Å². The van der Waals surface area contributed by atoms with Crippen LogP contribution in [0, 0.1) is 6.92 Å². The molecule has 1 saturated heterocycles. The van der Waals surface area contributed by atoms with Gasteiger partial charge in [0.1, 0.15) is 0 Å². The number of amides is 1. The molecule has 2 N–H and O–H groups in total. The third-order valence-electron chi connectivity index (χ3n) is 8.24. The van der Waals surface area contributed by atoms with Gasteiger partial charge in [0.05, 0.1) is 18.6 Å². The number of nitrogens with one attached hydrogen (secondary N) is 2. The third-order valence-corrected chi connectivity index (χ3v) is 8.24. The van der Waals surface area contributed by atoms with Crippen LogP contribution in [0.25, 0.3) is 16.8 Å². The Kier molecular flexibility index (Phi) is 7.50. The van der Waals surface area contributed by atoms with E-state index < -0.39 is 5.41 Å². The third kappa shape index (κ3) is 5.58. The Morgan fingerprint density at radius 3 is 2.55 bits per heavy atom. The zero-order valence-electron chi connectivity index (χ0n) is 23.1. The van der Waals surface area contributed by atoms with E-state index in [0.29, 0.717) is 5.75 Å². The van der Waals surface area contributed by atoms with Gasteiger partial charge in [-0.15, -0.1) is 0 Å². The molecular weight excluding hydrogens is 502 g/mol. The first-order valence-corrected chi connectivity index (χ1v) is 14.2. The lowest BCUT2D eigenvalue weighted by Crippen LogP contribution is -2.37. The van der Waals surface area contributed by atoms with Crippen molar-refractivity contribution < 1.29 is 20.4 Å². The molecule has 0 radical (unpaired) electrons. The summed E-state index contributed by atoms with van der Waals surface area (Å²) in [6, 6.07) is 20.4. The molecule has 0 aromatic heterocycles. The van der Waals surface area contributed by atoms with Gasteiger partial charge in [-0.2, -0.15) is 0 Å². The van der Waals surface area contributed by atoms with Gasteiger partial charge < -0.3 is 24.8 Å². The average Bonchev–Trinajstić information content (AvgIpc) is 3.67. The highest BCUT2D eigenvalue weighted by molar-refractivity contribution is 6.02. The molecule has 1 saturated carbocycles. The first-order chi connectivity index (χ1) is 19.5. The second-order valence-corrected chi connectivity index (χ2v) is 10.9. The summed E-state index contributed by atoms with van der Waals surface area (Å²) >= 11 is 0. The molecule has 0 atom stereocenters. The van der Waals surface area contributed by atoms with Crippen molar-refractivity contribution in [3.8, 4) is 22.6 Å². The monoisotopic (exact) mass is 541 g/mol. The highest BCUT2D eigenvalue weighted by Crippen LogP contribution is 2.51. The normalized spacial score (nSPS) is 17.3. The SMILES string of the molecule is C=C(NCCCN1CCOCC1)c1ccc(-c2cc(NC(=O)C3(c4ccc5c(c4)OCO5)CC3)ccc2C)cc1.[HH]. The second-order valence-electron chi connectivity index (χ2n) is 10.9. The van der Waals surface area contributed by atoms with Gasteiger partial charge in [0.2, 0.25) is 12.7 Å². The molecule has 7 heteroatoms. The number of benzene rings is 3. The predicted molar refractivity (Wildman–Crippen MR) is 160 cm³/mol. The maximum Gasteiger partial charge on any atom is 0.235 e. The van der Waals surface area contributed by atoms with Gasteiger partial charge >= 0.3 is 0 Å². The van der Waals surface area contributed by atoms with E-state index in [-0.39, 0.29) is 14.1 Å². The van der Waals surface area contributed by atoms with E-state index in [9.17, 15) is 4.79 Å². The second kappa shape index (κ2) is 11.4. The van der Waals surface area contributed by atoms with Gasteiger partial charge in [-0.25, -0.2) is 0 Å². The number of morpholine rings is 1. The van der Waals surface area contributed by atoms with Crippen molar-refractivity contribution in [1.82, 2.24) is 10.2 Å². The van der Waals surface area contributed by atoms with Gasteiger partial charge in [-0.1, -0.05) is 43.0 Å². The number of hydrogen-bond donors (Lipinski definition) is 2. The molecule has 3 aromatic carbocycles.